The Morgan fingerprint density at radius 3 is 2.94 bits per heavy atom. The minimum atomic E-state index is -0.309. The highest BCUT2D eigenvalue weighted by Crippen LogP contribution is 2.14. The number of rotatable bonds is 5. The van der Waals surface area contributed by atoms with E-state index < -0.39 is 0 Å². The number of fused-ring (bicyclic) bond motifs is 1. The zero-order chi connectivity index (χ0) is 13.1. The van der Waals surface area contributed by atoms with Crippen LogP contribution in [0.1, 0.15) is 20.3 Å². The van der Waals surface area contributed by atoms with Crippen molar-refractivity contribution in [3.8, 4) is 0 Å². The maximum Gasteiger partial charge on any atom is 0.364 e. The minimum absolute atomic E-state index is 0.309. The van der Waals surface area contributed by atoms with Crippen LogP contribution in [0, 0.1) is 0 Å². The lowest BCUT2D eigenvalue weighted by Gasteiger charge is -2.27. The molecule has 0 saturated carbocycles. The van der Waals surface area contributed by atoms with Gasteiger partial charge in [-0.3, -0.25) is 0 Å². The lowest BCUT2D eigenvalue weighted by Crippen LogP contribution is -2.33. The average molecular weight is 314 g/mol. The summed E-state index contributed by atoms with van der Waals surface area (Å²) in [6.07, 6.45) is 1.03. The second-order valence-electron chi connectivity index (χ2n) is 4.32. The van der Waals surface area contributed by atoms with Gasteiger partial charge in [-0.25, -0.2) is 9.89 Å². The summed E-state index contributed by atoms with van der Waals surface area (Å²) in [6.45, 7) is 5.12. The van der Waals surface area contributed by atoms with Crippen LogP contribution in [0.15, 0.2) is 16.9 Å². The molecule has 0 aliphatic heterocycles. The summed E-state index contributed by atoms with van der Waals surface area (Å²) in [6, 6.07) is 4.02. The maximum atomic E-state index is 11.5. The number of halogens is 1. The number of hydrogen-bond acceptors (Lipinski definition) is 4. The number of aromatic nitrogens is 4. The highest BCUT2D eigenvalue weighted by Gasteiger charge is 2.13. The number of hydrogen-bond donors (Lipinski definition) is 1. The molecule has 0 aliphatic rings. The van der Waals surface area contributed by atoms with Crippen LogP contribution < -0.4 is 10.6 Å². The molecule has 0 amide bonds. The van der Waals surface area contributed by atoms with Crippen LogP contribution in [0.4, 0.5) is 5.82 Å². The molecule has 1 N–H and O–H groups in total. The van der Waals surface area contributed by atoms with Crippen molar-refractivity contribution >= 4 is 27.4 Å². The number of nitrogens with one attached hydrogen (secondary N) is 1. The first-order chi connectivity index (χ1) is 8.63. The van der Waals surface area contributed by atoms with Crippen LogP contribution in [0.2, 0.25) is 0 Å². The molecule has 6 nitrogen and oxygen atoms in total. The highest BCUT2D eigenvalue weighted by atomic mass is 79.9. The van der Waals surface area contributed by atoms with Gasteiger partial charge >= 0.3 is 5.69 Å². The first kappa shape index (κ1) is 13.1. The molecule has 0 spiro atoms. The van der Waals surface area contributed by atoms with Crippen molar-refractivity contribution in [3.05, 3.63) is 22.6 Å². The fraction of sp³-hybridized carbons (Fsp3) is 0.545. The molecule has 2 heterocycles. The van der Waals surface area contributed by atoms with E-state index in [4.69, 9.17) is 0 Å². The second-order valence-corrected chi connectivity index (χ2v) is 5.11. The van der Waals surface area contributed by atoms with Crippen LogP contribution >= 0.6 is 15.9 Å². The van der Waals surface area contributed by atoms with Crippen molar-refractivity contribution in [1.82, 2.24) is 19.8 Å². The van der Waals surface area contributed by atoms with E-state index in [1.165, 1.54) is 4.52 Å². The Balaban J connectivity index is 2.37. The predicted octanol–water partition coefficient (Wildman–Crippen LogP) is 1.42. The third-order valence-corrected chi connectivity index (χ3v) is 3.27. The van der Waals surface area contributed by atoms with Gasteiger partial charge in [0.1, 0.15) is 5.82 Å². The molecule has 0 saturated heterocycles. The van der Waals surface area contributed by atoms with E-state index in [-0.39, 0.29) is 5.69 Å². The molecule has 0 aliphatic carbocycles. The third kappa shape index (κ3) is 2.55. The SMILES string of the molecule is CC(C)N(CCCBr)c1ccc2n[nH]c(=O)n2n1. The zero-order valence-electron chi connectivity index (χ0n) is 10.4. The number of H-pyrrole nitrogens is 1. The van der Waals surface area contributed by atoms with Gasteiger partial charge in [-0.15, -0.1) is 5.10 Å². The normalized spacial score (nSPS) is 11.3. The summed E-state index contributed by atoms with van der Waals surface area (Å²) in [5.41, 5.74) is 0.226. The Morgan fingerprint density at radius 1 is 1.50 bits per heavy atom. The lowest BCUT2D eigenvalue weighted by atomic mass is 10.3. The summed E-state index contributed by atoms with van der Waals surface area (Å²) in [5, 5.41) is 11.5. The number of nitrogens with zero attached hydrogens (tertiary/aromatic N) is 4. The van der Waals surface area contributed by atoms with Crippen molar-refractivity contribution in [1.29, 1.82) is 0 Å². The van der Waals surface area contributed by atoms with Crippen LogP contribution in [0.5, 0.6) is 0 Å². The second kappa shape index (κ2) is 5.51. The maximum absolute atomic E-state index is 11.5. The number of alkyl halides is 1. The fourth-order valence-electron chi connectivity index (χ4n) is 1.81. The standard InChI is InChI=1S/C11H16BrN5O/c1-8(2)16(7-3-6-12)10-5-4-9-13-14-11(18)17(9)15-10/h4-5,8H,3,6-7H2,1-2H3,(H,14,18). The van der Waals surface area contributed by atoms with Gasteiger partial charge in [0.05, 0.1) is 0 Å². The van der Waals surface area contributed by atoms with Crippen molar-refractivity contribution in [2.45, 2.75) is 26.3 Å². The molecule has 2 aromatic rings. The van der Waals surface area contributed by atoms with Gasteiger partial charge in [-0.1, -0.05) is 15.9 Å². The van der Waals surface area contributed by atoms with Crippen molar-refractivity contribution < 1.29 is 0 Å². The van der Waals surface area contributed by atoms with E-state index in [2.05, 4.69) is 50.0 Å². The Hall–Kier alpha value is -1.37. The molecule has 0 bridgehead atoms. The summed E-state index contributed by atoms with van der Waals surface area (Å²) >= 11 is 3.43. The molecule has 98 valence electrons. The average Bonchev–Trinajstić information content (AvgIpc) is 2.71. The van der Waals surface area contributed by atoms with E-state index >= 15 is 0 Å². The van der Waals surface area contributed by atoms with Gasteiger partial charge < -0.3 is 4.90 Å². The van der Waals surface area contributed by atoms with Crippen molar-refractivity contribution in [2.24, 2.45) is 0 Å². The molecule has 0 fully saturated rings. The van der Waals surface area contributed by atoms with E-state index in [0.717, 1.165) is 24.1 Å². The largest absolute Gasteiger partial charge is 0.364 e. The molecule has 0 radical (unpaired) electrons. The lowest BCUT2D eigenvalue weighted by molar-refractivity contribution is 0.654. The molecule has 0 unspecified atom stereocenters. The number of aromatic amines is 1. The van der Waals surface area contributed by atoms with E-state index in [9.17, 15) is 4.79 Å². The van der Waals surface area contributed by atoms with E-state index in [0.29, 0.717) is 11.7 Å². The van der Waals surface area contributed by atoms with Gasteiger partial charge in [-0.2, -0.15) is 9.61 Å². The van der Waals surface area contributed by atoms with Crippen LogP contribution in [-0.4, -0.2) is 37.7 Å². The molecule has 2 aromatic heterocycles. The molecule has 18 heavy (non-hydrogen) atoms. The van der Waals surface area contributed by atoms with Crippen LogP contribution in [0.3, 0.4) is 0 Å². The highest BCUT2D eigenvalue weighted by molar-refractivity contribution is 9.09. The quantitative estimate of drug-likeness (QED) is 0.848. The Bertz CT molecular complexity index is 576. The third-order valence-electron chi connectivity index (χ3n) is 2.71. The van der Waals surface area contributed by atoms with Crippen molar-refractivity contribution in [2.75, 3.05) is 16.8 Å². The van der Waals surface area contributed by atoms with Gasteiger partial charge in [0.2, 0.25) is 0 Å². The summed E-state index contributed by atoms with van der Waals surface area (Å²) in [4.78, 5) is 13.7. The van der Waals surface area contributed by atoms with Crippen LogP contribution in [-0.2, 0) is 0 Å². The Morgan fingerprint density at radius 2 is 2.28 bits per heavy atom. The van der Waals surface area contributed by atoms with Crippen LogP contribution in [0.25, 0.3) is 5.65 Å². The van der Waals surface area contributed by atoms with E-state index in [1.807, 2.05) is 6.07 Å². The minimum Gasteiger partial charge on any atom is -0.353 e. The monoisotopic (exact) mass is 313 g/mol. The molecular weight excluding hydrogens is 298 g/mol. The van der Waals surface area contributed by atoms with Crippen molar-refractivity contribution in [3.63, 3.8) is 0 Å². The fourth-order valence-corrected chi connectivity index (χ4v) is 2.06. The topological polar surface area (TPSA) is 66.3 Å². The Kier molecular flexibility index (Phi) is 4.00. The van der Waals surface area contributed by atoms with Gasteiger partial charge in [0, 0.05) is 17.9 Å². The number of anilines is 1. The van der Waals surface area contributed by atoms with Gasteiger partial charge in [0.25, 0.3) is 0 Å². The Labute approximate surface area is 113 Å². The molecule has 7 heteroatoms. The molecular formula is C11H16BrN5O. The first-order valence-corrected chi connectivity index (χ1v) is 7.02. The first-order valence-electron chi connectivity index (χ1n) is 5.90. The predicted molar refractivity (Wildman–Crippen MR) is 74.5 cm³/mol. The molecule has 0 aromatic carbocycles. The summed E-state index contributed by atoms with van der Waals surface area (Å²) in [7, 11) is 0. The smallest absolute Gasteiger partial charge is 0.353 e. The van der Waals surface area contributed by atoms with Gasteiger partial charge in [0.15, 0.2) is 5.65 Å². The van der Waals surface area contributed by atoms with Gasteiger partial charge in [-0.05, 0) is 32.4 Å². The molecule has 2 rings (SSSR count). The van der Waals surface area contributed by atoms with E-state index in [1.54, 1.807) is 6.07 Å². The molecule has 0 atom stereocenters. The summed E-state index contributed by atoms with van der Waals surface area (Å²) in [5.74, 6) is 0.793. The summed E-state index contributed by atoms with van der Waals surface area (Å²) < 4.78 is 1.29. The zero-order valence-corrected chi connectivity index (χ0v) is 12.0.